The van der Waals surface area contributed by atoms with Gasteiger partial charge in [-0.3, -0.25) is 15.0 Å². The molecule has 2 amide bonds. The number of fused-ring (bicyclic) bond motifs is 1. The van der Waals surface area contributed by atoms with Gasteiger partial charge in [0.1, 0.15) is 11.2 Å². The molecule has 5 nitrogen and oxygen atoms in total. The van der Waals surface area contributed by atoms with Gasteiger partial charge < -0.3 is 0 Å². The first-order chi connectivity index (χ1) is 12.1. The summed E-state index contributed by atoms with van der Waals surface area (Å²) < 4.78 is 19.2. The van der Waals surface area contributed by atoms with E-state index in [2.05, 4.69) is 9.80 Å². The van der Waals surface area contributed by atoms with Crippen LogP contribution >= 0.6 is 23.3 Å². The van der Waals surface area contributed by atoms with Gasteiger partial charge in [0, 0.05) is 10.9 Å². The Balaban J connectivity index is 1.63. The lowest BCUT2D eigenvalue weighted by Crippen LogP contribution is -2.44. The quantitative estimate of drug-likeness (QED) is 0.765. The van der Waals surface area contributed by atoms with E-state index in [1.165, 1.54) is 34.4 Å². The molecule has 0 radical (unpaired) electrons. The Morgan fingerprint density at radius 2 is 1.96 bits per heavy atom. The van der Waals surface area contributed by atoms with Crippen LogP contribution in [0, 0.1) is 5.82 Å². The number of hydrogen-bond donors (Lipinski definition) is 1. The smallest absolute Gasteiger partial charge is 0.272 e. The number of rotatable bonds is 3. The highest BCUT2D eigenvalue weighted by molar-refractivity contribution is 8.00. The number of carbonyl (C=O) groups is 2. The van der Waals surface area contributed by atoms with Crippen molar-refractivity contribution < 1.29 is 14.0 Å². The van der Waals surface area contributed by atoms with Crippen LogP contribution in [-0.2, 0) is 4.79 Å². The molecule has 2 heterocycles. The van der Waals surface area contributed by atoms with Crippen molar-refractivity contribution in [2.24, 2.45) is 0 Å². The molecule has 2 aromatic carbocycles. The Labute approximate surface area is 151 Å². The maximum atomic E-state index is 14.1. The third kappa shape index (κ3) is 2.87. The highest BCUT2D eigenvalue weighted by Gasteiger charge is 2.36. The van der Waals surface area contributed by atoms with E-state index in [9.17, 15) is 14.0 Å². The van der Waals surface area contributed by atoms with Crippen LogP contribution in [-0.4, -0.2) is 26.9 Å². The van der Waals surface area contributed by atoms with Gasteiger partial charge in [0.2, 0.25) is 0 Å². The molecule has 1 unspecified atom stereocenters. The Morgan fingerprint density at radius 3 is 2.80 bits per heavy atom. The van der Waals surface area contributed by atoms with E-state index in [4.69, 9.17) is 0 Å². The van der Waals surface area contributed by atoms with Gasteiger partial charge in [-0.2, -0.15) is 4.37 Å². The van der Waals surface area contributed by atoms with Gasteiger partial charge in [0.05, 0.1) is 10.5 Å². The third-order valence-electron chi connectivity index (χ3n) is 3.85. The minimum absolute atomic E-state index is 0.178. The minimum atomic E-state index is -0.595. The van der Waals surface area contributed by atoms with E-state index in [0.29, 0.717) is 5.56 Å². The minimum Gasteiger partial charge on any atom is -0.272 e. The van der Waals surface area contributed by atoms with Crippen LogP contribution in [0.25, 0.3) is 10.1 Å². The van der Waals surface area contributed by atoms with Crippen molar-refractivity contribution in [2.75, 3.05) is 5.75 Å². The topological polar surface area (TPSA) is 62.3 Å². The molecular weight excluding hydrogens is 361 g/mol. The summed E-state index contributed by atoms with van der Waals surface area (Å²) in [6.07, 6.45) is 0. The highest BCUT2D eigenvalue weighted by atomic mass is 32.2. The predicted molar refractivity (Wildman–Crippen MR) is 95.5 cm³/mol. The number of benzene rings is 2. The summed E-state index contributed by atoms with van der Waals surface area (Å²) in [5, 5.41) is 1.33. The highest BCUT2D eigenvalue weighted by Crippen LogP contribution is 2.38. The lowest BCUT2D eigenvalue weighted by atomic mass is 10.2. The Hall–Kier alpha value is -2.45. The molecule has 1 N–H and O–H groups in total. The largest absolute Gasteiger partial charge is 0.290 e. The van der Waals surface area contributed by atoms with Crippen molar-refractivity contribution in [3.05, 3.63) is 65.6 Å². The Kier molecular flexibility index (Phi) is 4.14. The number of nitrogens with one attached hydrogen (secondary N) is 1. The molecule has 0 bridgehead atoms. The summed E-state index contributed by atoms with van der Waals surface area (Å²) in [7, 11) is 0. The molecule has 4 rings (SSSR count). The number of amides is 2. The standard InChI is InChI=1S/C17H12FN3O2S2/c18-12-7-3-1-5-10(12)17-21(14(22)9-24-17)19-16(23)15-11-6-2-4-8-13(11)25-20-15/h1-8,17H,9H2,(H,19,23). The van der Waals surface area contributed by atoms with Crippen LogP contribution in [0.3, 0.4) is 0 Å². The second kappa shape index (κ2) is 6.45. The summed E-state index contributed by atoms with van der Waals surface area (Å²) in [5.74, 6) is -0.981. The van der Waals surface area contributed by atoms with Gasteiger partial charge in [-0.15, -0.1) is 11.8 Å². The average Bonchev–Trinajstić information content (AvgIpc) is 3.20. The molecule has 0 spiro atoms. The van der Waals surface area contributed by atoms with Gasteiger partial charge >= 0.3 is 0 Å². The maximum absolute atomic E-state index is 14.1. The molecule has 25 heavy (non-hydrogen) atoms. The first kappa shape index (κ1) is 16.0. The van der Waals surface area contributed by atoms with E-state index in [-0.39, 0.29) is 17.4 Å². The number of halogens is 1. The van der Waals surface area contributed by atoms with Crippen molar-refractivity contribution in [1.82, 2.24) is 14.8 Å². The number of thioether (sulfide) groups is 1. The number of nitrogens with zero attached hydrogens (tertiary/aromatic N) is 2. The normalized spacial score (nSPS) is 17.2. The van der Waals surface area contributed by atoms with E-state index >= 15 is 0 Å². The van der Waals surface area contributed by atoms with Gasteiger partial charge in [0.15, 0.2) is 5.69 Å². The van der Waals surface area contributed by atoms with E-state index in [0.717, 1.165) is 10.1 Å². The van der Waals surface area contributed by atoms with Gasteiger partial charge in [0.25, 0.3) is 11.8 Å². The van der Waals surface area contributed by atoms with Crippen LogP contribution in [0.5, 0.6) is 0 Å². The van der Waals surface area contributed by atoms with Gasteiger partial charge in [-0.1, -0.05) is 36.4 Å². The van der Waals surface area contributed by atoms with Crippen LogP contribution in [0.2, 0.25) is 0 Å². The second-order valence-corrected chi connectivity index (χ2v) is 7.29. The van der Waals surface area contributed by atoms with E-state index in [1.807, 2.05) is 24.3 Å². The van der Waals surface area contributed by atoms with E-state index in [1.54, 1.807) is 18.2 Å². The molecule has 8 heteroatoms. The molecule has 1 atom stereocenters. The van der Waals surface area contributed by atoms with Crippen LogP contribution in [0.15, 0.2) is 48.5 Å². The van der Waals surface area contributed by atoms with E-state index < -0.39 is 17.1 Å². The second-order valence-electron chi connectivity index (χ2n) is 5.42. The summed E-state index contributed by atoms with van der Waals surface area (Å²) >= 11 is 2.49. The molecule has 3 aromatic rings. The van der Waals surface area contributed by atoms with Gasteiger partial charge in [-0.05, 0) is 23.7 Å². The third-order valence-corrected chi connectivity index (χ3v) is 5.87. The fourth-order valence-corrected chi connectivity index (χ4v) is 4.57. The molecule has 1 fully saturated rings. The fourth-order valence-electron chi connectivity index (χ4n) is 2.66. The number of carbonyl (C=O) groups excluding carboxylic acids is 2. The van der Waals surface area contributed by atoms with Crippen LogP contribution < -0.4 is 5.43 Å². The predicted octanol–water partition coefficient (Wildman–Crippen LogP) is 3.35. The van der Waals surface area contributed by atoms with Crippen LogP contribution in [0.1, 0.15) is 21.4 Å². The molecule has 1 aliphatic rings. The Bertz CT molecular complexity index is 975. The summed E-state index contributed by atoms with van der Waals surface area (Å²) in [5.41, 5.74) is 3.22. The number of aromatic nitrogens is 1. The zero-order chi connectivity index (χ0) is 17.4. The van der Waals surface area contributed by atoms with Crippen molar-refractivity contribution in [2.45, 2.75) is 5.37 Å². The Morgan fingerprint density at radius 1 is 1.20 bits per heavy atom. The summed E-state index contributed by atoms with van der Waals surface area (Å²) in [6.45, 7) is 0. The molecule has 126 valence electrons. The first-order valence-electron chi connectivity index (χ1n) is 7.48. The lowest BCUT2D eigenvalue weighted by Gasteiger charge is -2.24. The molecular formula is C17H12FN3O2S2. The van der Waals surface area contributed by atoms with Crippen LogP contribution in [0.4, 0.5) is 4.39 Å². The number of hydrogen-bond acceptors (Lipinski definition) is 5. The summed E-state index contributed by atoms with van der Waals surface area (Å²) in [4.78, 5) is 24.8. The molecule has 1 aromatic heterocycles. The molecule has 0 aliphatic carbocycles. The lowest BCUT2D eigenvalue weighted by molar-refractivity contribution is -0.130. The molecule has 1 saturated heterocycles. The first-order valence-corrected chi connectivity index (χ1v) is 9.31. The van der Waals surface area contributed by atoms with Crippen molar-refractivity contribution in [1.29, 1.82) is 0 Å². The zero-order valence-electron chi connectivity index (χ0n) is 12.8. The molecule has 1 aliphatic heterocycles. The van der Waals surface area contributed by atoms with Crippen molar-refractivity contribution in [3.63, 3.8) is 0 Å². The maximum Gasteiger partial charge on any atom is 0.290 e. The van der Waals surface area contributed by atoms with Crippen molar-refractivity contribution in [3.8, 4) is 0 Å². The summed E-state index contributed by atoms with van der Waals surface area (Å²) in [6, 6.07) is 13.6. The average molecular weight is 373 g/mol. The SMILES string of the molecule is O=C(NN1C(=O)CSC1c1ccccc1F)c1nsc2ccccc12. The number of hydrazine groups is 1. The van der Waals surface area contributed by atoms with Crippen molar-refractivity contribution >= 4 is 45.2 Å². The molecule has 0 saturated carbocycles. The zero-order valence-corrected chi connectivity index (χ0v) is 14.4. The van der Waals surface area contributed by atoms with Gasteiger partial charge in [-0.25, -0.2) is 9.40 Å². The fraction of sp³-hybridized carbons (Fsp3) is 0.118. The monoisotopic (exact) mass is 373 g/mol.